The Hall–Kier alpha value is -14.0. The minimum absolute atomic E-state index is 0.221. The molecule has 14 aromatic carbocycles. The molecule has 0 amide bonds. The summed E-state index contributed by atoms with van der Waals surface area (Å²) >= 11 is 45.8. The van der Waals surface area contributed by atoms with Crippen molar-refractivity contribution in [3.63, 3.8) is 0 Å². The molecule has 0 atom stereocenters. The fourth-order valence-electron chi connectivity index (χ4n) is 16.7. The summed E-state index contributed by atoms with van der Waals surface area (Å²) in [5.41, 5.74) is 33.3. The Morgan fingerprint density at radius 3 is 1.24 bits per heavy atom. The average Bonchev–Trinajstić information content (AvgIpc) is 1.59. The van der Waals surface area contributed by atoms with Crippen molar-refractivity contribution in [2.24, 2.45) is 0 Å². The molecule has 1 aliphatic heterocycles. The van der Waals surface area contributed by atoms with E-state index in [4.69, 9.17) is 142 Å². The van der Waals surface area contributed by atoms with Gasteiger partial charge in [-0.05, 0) is 237 Å². The first-order valence-corrected chi connectivity index (χ1v) is 47.2. The molecule has 139 heavy (non-hydrogen) atoms. The van der Waals surface area contributed by atoms with Crippen LogP contribution in [0.15, 0.2) is 344 Å². The van der Waals surface area contributed by atoms with Crippen LogP contribution in [0.2, 0.25) is 35.2 Å². The fraction of sp³-hybridized carbons (Fsp3) is 0.0545. The van der Waals surface area contributed by atoms with Crippen molar-refractivity contribution >= 4 is 289 Å². The standard InChI is InChI=1S/C28H24BN3O2.C22H13Cl2N3.C22H12ClN3.C16H9Cl2NO.C10H6BrNO.C6H5BCl2O2.C6H8N2/c1-27(2)28(3,4)34-29(33-27)18-13-14-23-19(16-18)20-15-17-9-5-6-10-21(17)30-25(20)26-31-22-11-7-8-12-24(22)32(23)26;23-14-9-10-17(24)15(12-14)16-11-13-5-1-2-6-18(13)25-21(16)22-26-19-7-3-4-8-20(19)27-22;23-14-9-10-19-15(12-14)16-11-13-5-1-2-6-17(13)24-21(16)22-25-18-7-3-4-8-20(18)26(19)22;17-11-5-6-14(18)12(8-11)13-7-10-3-1-2-4-15(10)19-16(13)9-20;11-8-5-7-3-1-2-4-9(7)12-10(8)6-13;8-4-1-2-6(9)5(3-4)7(10)11;7-5-3-1-2-4-6(5)8/h5-16H,1-4H3;1-12H,(H,26,27);1-12H;1-9H;1-6H;1-3,10-11H;1-4H,7-8H2. The van der Waals surface area contributed by atoms with Gasteiger partial charge in [0.15, 0.2) is 29.7 Å². The zero-order valence-corrected chi connectivity index (χ0v) is 81.2. The number of hydrogen-bond donors (Lipinski definition) is 5. The van der Waals surface area contributed by atoms with Crippen molar-refractivity contribution in [3.8, 4) is 33.8 Å². The van der Waals surface area contributed by atoms with Gasteiger partial charge in [-0.1, -0.05) is 233 Å². The van der Waals surface area contributed by atoms with Gasteiger partial charge >= 0.3 is 14.2 Å². The van der Waals surface area contributed by atoms with Gasteiger partial charge < -0.3 is 35.8 Å². The van der Waals surface area contributed by atoms with Gasteiger partial charge in [-0.15, -0.1) is 0 Å². The van der Waals surface area contributed by atoms with E-state index in [2.05, 4.69) is 158 Å². The number of hydrogen-bond acceptors (Lipinski definition) is 16. The van der Waals surface area contributed by atoms with Crippen molar-refractivity contribution in [2.45, 2.75) is 38.9 Å². The molecule has 1 saturated heterocycles. The first kappa shape index (κ1) is 94.0. The van der Waals surface area contributed by atoms with E-state index in [1.165, 1.54) is 12.1 Å². The van der Waals surface area contributed by atoms with Gasteiger partial charge in [0.2, 0.25) is 0 Å². The van der Waals surface area contributed by atoms with Gasteiger partial charge in [-0.2, -0.15) is 0 Å². The highest BCUT2D eigenvalue weighted by Crippen LogP contribution is 2.43. The molecule has 25 rings (SSSR count). The smallest absolute Gasteiger partial charge is 0.423 e. The third kappa shape index (κ3) is 19.3. The van der Waals surface area contributed by atoms with Crippen LogP contribution in [-0.4, -0.2) is 102 Å². The molecule has 11 heterocycles. The van der Waals surface area contributed by atoms with Gasteiger partial charge in [-0.3, -0.25) is 18.4 Å². The summed E-state index contributed by atoms with van der Waals surface area (Å²) in [6.45, 7) is 8.34. The lowest BCUT2D eigenvalue weighted by atomic mass is 9.78. The number of aromatic amines is 1. The van der Waals surface area contributed by atoms with E-state index in [9.17, 15) is 9.59 Å². The van der Waals surface area contributed by atoms with E-state index < -0.39 is 25.4 Å². The second-order valence-corrected chi connectivity index (χ2v) is 37.5. The van der Waals surface area contributed by atoms with E-state index in [1.54, 1.807) is 48.5 Å². The maximum Gasteiger partial charge on any atom is 0.494 e. The number of carbonyl (C=O) groups is 2. The monoisotopic (exact) mass is 2020 g/mol. The largest absolute Gasteiger partial charge is 0.494 e. The highest BCUT2D eigenvalue weighted by molar-refractivity contribution is 9.10. The maximum atomic E-state index is 11.3. The highest BCUT2D eigenvalue weighted by atomic mass is 79.9. The first-order valence-electron chi connectivity index (χ1n) is 43.8. The van der Waals surface area contributed by atoms with Crippen molar-refractivity contribution in [1.29, 1.82) is 0 Å². The summed E-state index contributed by atoms with van der Waals surface area (Å²) in [7, 11) is -1.99. The predicted octanol–water partition coefficient (Wildman–Crippen LogP) is 27.7. The zero-order chi connectivity index (χ0) is 96.7. The maximum absolute atomic E-state index is 11.3. The number of halogens is 8. The molecule has 1 aliphatic rings. The number of benzene rings is 14. The van der Waals surface area contributed by atoms with Crippen LogP contribution in [0, 0.1) is 0 Å². The average molecular weight is 2030 g/mol. The fourth-order valence-corrected chi connectivity index (χ4v) is 18.5. The molecule has 0 unspecified atom stereocenters. The van der Waals surface area contributed by atoms with Crippen LogP contribution >= 0.6 is 97.1 Å². The van der Waals surface area contributed by atoms with Crippen molar-refractivity contribution in [1.82, 2.24) is 53.7 Å². The number of fused-ring (bicyclic) bond motifs is 22. The third-order valence-electron chi connectivity index (χ3n) is 24.2. The molecule has 0 bridgehead atoms. The summed E-state index contributed by atoms with van der Waals surface area (Å²) in [6, 6.07) is 109. The Labute approximate surface area is 839 Å². The summed E-state index contributed by atoms with van der Waals surface area (Å²) in [5, 5.41) is 30.8. The molecule has 0 radical (unpaired) electrons. The number of pyridine rings is 7. The van der Waals surface area contributed by atoms with E-state index in [-0.39, 0.29) is 5.46 Å². The van der Waals surface area contributed by atoms with Crippen molar-refractivity contribution in [3.05, 3.63) is 391 Å². The van der Waals surface area contributed by atoms with Crippen LogP contribution in [0.4, 0.5) is 11.4 Å². The lowest BCUT2D eigenvalue weighted by Crippen LogP contribution is -2.41. The number of nitrogens with zero attached hydrogens (tertiary/aromatic N) is 10. The predicted molar refractivity (Wildman–Crippen MR) is 578 cm³/mol. The summed E-state index contributed by atoms with van der Waals surface area (Å²) in [6.07, 6.45) is 1.48. The number of H-pyrrole nitrogens is 1. The van der Waals surface area contributed by atoms with Gasteiger partial charge in [0, 0.05) is 116 Å². The first-order chi connectivity index (χ1) is 67.2. The second-order valence-electron chi connectivity index (χ2n) is 33.7. The Morgan fingerprint density at radius 1 is 0.360 bits per heavy atom. The topological polar surface area (TPSA) is 273 Å². The van der Waals surface area contributed by atoms with Crippen LogP contribution in [0.5, 0.6) is 0 Å². The molecular formula is C110H77B2BrCl7N13O6. The van der Waals surface area contributed by atoms with E-state index >= 15 is 0 Å². The molecule has 0 saturated carbocycles. The van der Waals surface area contributed by atoms with E-state index in [1.807, 2.05) is 188 Å². The number of anilines is 2. The number of carbonyl (C=O) groups excluding carboxylic acids is 2. The second kappa shape index (κ2) is 39.8. The number of nitrogen functional groups attached to an aromatic ring is 2. The van der Waals surface area contributed by atoms with Crippen LogP contribution in [0.1, 0.15) is 48.7 Å². The molecule has 1 fully saturated rings. The minimum Gasteiger partial charge on any atom is -0.423 e. The normalized spacial score (nSPS) is 12.5. The summed E-state index contributed by atoms with van der Waals surface area (Å²) in [5.74, 6) is 0.702. The van der Waals surface area contributed by atoms with Gasteiger partial charge in [0.05, 0.1) is 94.3 Å². The molecule has 0 spiro atoms. The number of aromatic nitrogens is 11. The Kier molecular flexibility index (Phi) is 26.9. The Balaban J connectivity index is 0.000000108. The molecule has 19 nitrogen and oxygen atoms in total. The summed E-state index contributed by atoms with van der Waals surface area (Å²) < 4.78 is 17.9. The number of nitrogens with two attached hydrogens (primary N) is 2. The van der Waals surface area contributed by atoms with Gasteiger partial charge in [-0.25, -0.2) is 39.9 Å². The number of aldehydes is 2. The molecular weight excluding hydrogens is 1950 g/mol. The third-order valence-corrected chi connectivity index (χ3v) is 26.8. The van der Waals surface area contributed by atoms with Gasteiger partial charge in [0.1, 0.15) is 28.1 Å². The lowest BCUT2D eigenvalue weighted by molar-refractivity contribution is 0.00578. The Bertz CT molecular complexity index is 8920. The SMILES string of the molecule is CC1(C)OB(c2ccc3c(c2)c2cc4ccccc4nc2c2nc4ccccc4n32)OC1(C)C.Clc1ccc(Cl)c(-c2cc3ccccc3nc2-c2nc3ccccc3[nH]2)c1.Clc1ccc2c(c1)c1cc3ccccc3nc1c1nc3ccccc3n21.Nc1ccccc1N.O=Cc1nc2ccccc2cc1-c1cc(Cl)ccc1Cl.O=Cc1nc2ccccc2cc1Br.OB(O)c1cc(Cl)ccc1Cl. The number of rotatable bonds is 7. The van der Waals surface area contributed by atoms with Crippen molar-refractivity contribution < 1.29 is 28.9 Å². The number of para-hydroxylation sites is 13. The molecule has 29 heteroatoms. The van der Waals surface area contributed by atoms with Crippen LogP contribution < -0.4 is 22.4 Å². The molecule has 7 N–H and O–H groups in total. The molecule has 680 valence electrons. The minimum atomic E-state index is -1.57. The van der Waals surface area contributed by atoms with E-state index in [0.29, 0.717) is 69.8 Å². The van der Waals surface area contributed by atoms with Crippen molar-refractivity contribution in [2.75, 3.05) is 11.5 Å². The molecule has 24 aromatic rings. The molecule has 10 aromatic heterocycles. The zero-order valence-electron chi connectivity index (χ0n) is 74.3. The van der Waals surface area contributed by atoms with Crippen LogP contribution in [-0.2, 0) is 9.31 Å². The molecule has 0 aliphatic carbocycles. The quantitative estimate of drug-likeness (QED) is 0.0326. The van der Waals surface area contributed by atoms with Crippen LogP contribution in [0.3, 0.4) is 0 Å². The van der Waals surface area contributed by atoms with Crippen LogP contribution in [0.25, 0.3) is 176 Å². The summed E-state index contributed by atoms with van der Waals surface area (Å²) in [4.78, 5) is 63.3. The Morgan fingerprint density at radius 2 is 0.748 bits per heavy atom. The van der Waals surface area contributed by atoms with Gasteiger partial charge in [0.25, 0.3) is 0 Å². The highest BCUT2D eigenvalue weighted by Gasteiger charge is 2.52. The lowest BCUT2D eigenvalue weighted by Gasteiger charge is -2.32. The van der Waals surface area contributed by atoms with E-state index in [0.717, 1.165) is 187 Å². The number of imidazole rings is 3. The number of nitrogens with one attached hydrogen (secondary N) is 1.